The van der Waals surface area contributed by atoms with E-state index in [1.165, 1.54) is 0 Å². The van der Waals surface area contributed by atoms with Gasteiger partial charge in [0.2, 0.25) is 11.8 Å². The van der Waals surface area contributed by atoms with Gasteiger partial charge in [0.05, 0.1) is 0 Å². The summed E-state index contributed by atoms with van der Waals surface area (Å²) in [5.74, 6) is 1.23. The van der Waals surface area contributed by atoms with Gasteiger partial charge < -0.3 is 19.6 Å². The van der Waals surface area contributed by atoms with Crippen LogP contribution in [0.5, 0.6) is 0 Å². The van der Waals surface area contributed by atoms with E-state index in [0.29, 0.717) is 49.3 Å². The zero-order chi connectivity index (χ0) is 29.3. The summed E-state index contributed by atoms with van der Waals surface area (Å²) in [6.07, 6.45) is 2.25. The van der Waals surface area contributed by atoms with Gasteiger partial charge in [-0.1, -0.05) is 39.7 Å². The van der Waals surface area contributed by atoms with E-state index in [9.17, 15) is 14.4 Å². The Balaban J connectivity index is 1.17. The van der Waals surface area contributed by atoms with Gasteiger partial charge in [0.15, 0.2) is 0 Å². The van der Waals surface area contributed by atoms with Gasteiger partial charge in [0.1, 0.15) is 0 Å². The minimum Gasteiger partial charge on any atom is -0.343 e. The van der Waals surface area contributed by atoms with E-state index >= 15 is 0 Å². The molecule has 3 fully saturated rings. The first-order chi connectivity index (χ1) is 19.6. The highest BCUT2D eigenvalue weighted by Gasteiger charge is 2.41. The van der Waals surface area contributed by atoms with Crippen LogP contribution in [0.3, 0.4) is 0 Å². The number of anilines is 1. The molecule has 2 aromatic rings. The summed E-state index contributed by atoms with van der Waals surface area (Å²) < 4.78 is 0.968. The highest BCUT2D eigenvalue weighted by Crippen LogP contribution is 2.33. The predicted molar refractivity (Wildman–Crippen MR) is 166 cm³/mol. The van der Waals surface area contributed by atoms with Crippen LogP contribution in [0.4, 0.5) is 5.69 Å². The first-order valence-electron chi connectivity index (χ1n) is 14.7. The van der Waals surface area contributed by atoms with Gasteiger partial charge in [0.25, 0.3) is 5.91 Å². The largest absolute Gasteiger partial charge is 0.343 e. The van der Waals surface area contributed by atoms with Gasteiger partial charge in [-0.05, 0) is 86.9 Å². The number of nitrogens with zero attached hydrogens (tertiary/aromatic N) is 4. The van der Waals surface area contributed by atoms with Crippen LogP contribution >= 0.6 is 27.5 Å². The van der Waals surface area contributed by atoms with Crippen LogP contribution in [0.2, 0.25) is 5.02 Å². The Morgan fingerprint density at radius 1 is 0.976 bits per heavy atom. The van der Waals surface area contributed by atoms with Crippen molar-refractivity contribution in [1.29, 1.82) is 0 Å². The van der Waals surface area contributed by atoms with Gasteiger partial charge in [-0.15, -0.1) is 0 Å². The SMILES string of the molecule is CC(=O)N1CCC(C(=O)N(CCCN2CC3CN(C(=O)c4cccc(Br)c4C)CC3C2)c2ccc(C)c(Cl)c2)CC1. The molecule has 2 unspecified atom stereocenters. The molecule has 0 bridgehead atoms. The highest BCUT2D eigenvalue weighted by molar-refractivity contribution is 9.10. The van der Waals surface area contributed by atoms with E-state index in [4.69, 9.17) is 11.6 Å². The number of carbonyl (C=O) groups excluding carboxylic acids is 3. The highest BCUT2D eigenvalue weighted by atomic mass is 79.9. The van der Waals surface area contributed by atoms with Crippen molar-refractivity contribution >= 4 is 50.9 Å². The van der Waals surface area contributed by atoms with Crippen molar-refractivity contribution in [2.75, 3.05) is 57.3 Å². The Morgan fingerprint density at radius 3 is 2.29 bits per heavy atom. The van der Waals surface area contributed by atoms with Crippen molar-refractivity contribution in [3.63, 3.8) is 0 Å². The molecule has 3 aliphatic rings. The van der Waals surface area contributed by atoms with E-state index in [1.807, 2.05) is 64.9 Å². The predicted octanol–water partition coefficient (Wildman–Crippen LogP) is 5.40. The van der Waals surface area contributed by atoms with Gasteiger partial charge in [-0.3, -0.25) is 14.4 Å². The lowest BCUT2D eigenvalue weighted by Crippen LogP contribution is -2.44. The van der Waals surface area contributed by atoms with Crippen LogP contribution < -0.4 is 4.90 Å². The van der Waals surface area contributed by atoms with Gasteiger partial charge in [0, 0.05) is 79.4 Å². The minimum atomic E-state index is -0.0887. The standard InChI is InChI=1S/C32H40BrClN4O3/c1-21-8-9-27(16-30(21)34)38(31(40)24-10-14-36(15-11-24)23(3)39)13-5-12-35-17-25-19-37(20-26(25)18-35)32(41)28-6-4-7-29(33)22(28)2/h4,6-9,16,24-26H,5,10-15,17-20H2,1-3H3. The van der Waals surface area contributed by atoms with Crippen molar-refractivity contribution in [2.24, 2.45) is 17.8 Å². The first kappa shape index (κ1) is 30.1. The van der Waals surface area contributed by atoms with Gasteiger partial charge in [-0.25, -0.2) is 0 Å². The quantitative estimate of drug-likeness (QED) is 0.405. The number of hydrogen-bond acceptors (Lipinski definition) is 4. The van der Waals surface area contributed by atoms with Crippen LogP contribution in [0.15, 0.2) is 40.9 Å². The molecule has 9 heteroatoms. The van der Waals surface area contributed by atoms with Crippen LogP contribution in [0.1, 0.15) is 47.7 Å². The molecule has 0 aliphatic carbocycles. The molecule has 0 N–H and O–H groups in total. The van der Waals surface area contributed by atoms with Crippen molar-refractivity contribution in [2.45, 2.75) is 40.0 Å². The third kappa shape index (κ3) is 6.65. The molecule has 0 spiro atoms. The van der Waals surface area contributed by atoms with Crippen molar-refractivity contribution in [3.05, 3.63) is 62.6 Å². The summed E-state index contributed by atoms with van der Waals surface area (Å²) in [5.41, 5.74) is 3.61. The lowest BCUT2D eigenvalue weighted by atomic mass is 9.94. The molecule has 0 radical (unpaired) electrons. The molecule has 2 atom stereocenters. The monoisotopic (exact) mass is 642 g/mol. The molecule has 0 saturated carbocycles. The molecular formula is C32H40BrClN4O3. The Bertz CT molecular complexity index is 1300. The fourth-order valence-electron chi connectivity index (χ4n) is 6.68. The van der Waals surface area contributed by atoms with Gasteiger partial charge >= 0.3 is 0 Å². The van der Waals surface area contributed by atoms with Crippen molar-refractivity contribution in [3.8, 4) is 0 Å². The molecule has 220 valence electrons. The maximum Gasteiger partial charge on any atom is 0.254 e. The molecule has 3 saturated heterocycles. The number of halogens is 2. The Kier molecular flexibility index (Phi) is 9.41. The number of carbonyl (C=O) groups is 3. The maximum absolute atomic E-state index is 13.7. The summed E-state index contributed by atoms with van der Waals surface area (Å²) in [6.45, 7) is 11.9. The smallest absolute Gasteiger partial charge is 0.254 e. The number of amides is 3. The zero-order valence-corrected chi connectivity index (χ0v) is 26.6. The second kappa shape index (κ2) is 12.8. The molecule has 41 heavy (non-hydrogen) atoms. The fraction of sp³-hybridized carbons (Fsp3) is 0.531. The second-order valence-electron chi connectivity index (χ2n) is 12.0. The summed E-state index contributed by atoms with van der Waals surface area (Å²) >= 11 is 10.0. The number of benzene rings is 2. The second-order valence-corrected chi connectivity index (χ2v) is 13.2. The molecule has 3 amide bonds. The van der Waals surface area contributed by atoms with Gasteiger partial charge in [-0.2, -0.15) is 0 Å². The third-order valence-electron chi connectivity index (χ3n) is 9.23. The van der Waals surface area contributed by atoms with Crippen molar-refractivity contribution in [1.82, 2.24) is 14.7 Å². The normalized spacial score (nSPS) is 21.3. The van der Waals surface area contributed by atoms with Crippen molar-refractivity contribution < 1.29 is 14.4 Å². The lowest BCUT2D eigenvalue weighted by Gasteiger charge is -2.34. The number of fused-ring (bicyclic) bond motifs is 1. The third-order valence-corrected chi connectivity index (χ3v) is 10.5. The minimum absolute atomic E-state index is 0.0733. The molecule has 5 rings (SSSR count). The number of piperidine rings is 1. The molecule has 2 aromatic carbocycles. The first-order valence-corrected chi connectivity index (χ1v) is 15.9. The Labute approximate surface area is 256 Å². The number of likely N-dealkylation sites (tertiary alicyclic amines) is 3. The molecule has 0 aromatic heterocycles. The molecule has 7 nitrogen and oxygen atoms in total. The summed E-state index contributed by atoms with van der Waals surface area (Å²) in [7, 11) is 0. The Hall–Kier alpha value is -2.42. The zero-order valence-electron chi connectivity index (χ0n) is 24.2. The lowest BCUT2D eigenvalue weighted by molar-refractivity contribution is -0.133. The van der Waals surface area contributed by atoms with Crippen LogP contribution in [-0.4, -0.2) is 84.8 Å². The van der Waals surface area contributed by atoms with E-state index in [2.05, 4.69) is 20.8 Å². The van der Waals surface area contributed by atoms with Crippen LogP contribution in [0.25, 0.3) is 0 Å². The number of rotatable bonds is 7. The molecule has 3 aliphatic heterocycles. The topological polar surface area (TPSA) is 64.2 Å². The average Bonchev–Trinajstić information content (AvgIpc) is 3.53. The fourth-order valence-corrected chi connectivity index (χ4v) is 7.22. The van der Waals surface area contributed by atoms with E-state index in [-0.39, 0.29) is 23.6 Å². The average molecular weight is 644 g/mol. The summed E-state index contributed by atoms with van der Waals surface area (Å²) in [6, 6.07) is 11.7. The molecular weight excluding hydrogens is 604 g/mol. The van der Waals surface area contributed by atoms with E-state index < -0.39 is 0 Å². The number of aryl methyl sites for hydroxylation is 1. The van der Waals surface area contributed by atoms with Crippen LogP contribution in [0, 0.1) is 31.6 Å². The van der Waals surface area contributed by atoms with E-state index in [1.54, 1.807) is 6.92 Å². The maximum atomic E-state index is 13.7. The molecule has 3 heterocycles. The number of hydrogen-bond donors (Lipinski definition) is 0. The van der Waals surface area contributed by atoms with E-state index in [0.717, 1.165) is 66.0 Å². The Morgan fingerprint density at radius 2 is 1.66 bits per heavy atom. The van der Waals surface area contributed by atoms with Crippen LogP contribution in [-0.2, 0) is 9.59 Å². The summed E-state index contributed by atoms with van der Waals surface area (Å²) in [4.78, 5) is 47.0. The summed E-state index contributed by atoms with van der Waals surface area (Å²) in [5, 5.41) is 0.663.